The topological polar surface area (TPSA) is 65.0 Å². The van der Waals surface area contributed by atoms with Crippen LogP contribution < -0.4 is 14.2 Å². The average molecular weight is 543 g/mol. The molecule has 0 aliphatic heterocycles. The molecular formula is C34H35FO5. The van der Waals surface area contributed by atoms with Crippen molar-refractivity contribution < 1.29 is 28.5 Å². The highest BCUT2D eigenvalue weighted by Crippen LogP contribution is 2.37. The smallest absolute Gasteiger partial charge is 0.163 e. The lowest BCUT2D eigenvalue weighted by molar-refractivity contribution is 0.101. The van der Waals surface area contributed by atoms with Crippen molar-refractivity contribution in [2.75, 3.05) is 13.2 Å². The minimum atomic E-state index is -0.319. The lowest BCUT2D eigenvalue weighted by atomic mass is 10.00. The quantitative estimate of drug-likeness (QED) is 0.135. The second-order valence-electron chi connectivity index (χ2n) is 9.53. The summed E-state index contributed by atoms with van der Waals surface area (Å²) in [4.78, 5) is 12.0. The van der Waals surface area contributed by atoms with E-state index < -0.39 is 0 Å². The number of aromatic hydroxyl groups is 1. The van der Waals surface area contributed by atoms with Crippen molar-refractivity contribution in [2.24, 2.45) is 0 Å². The molecule has 4 aromatic rings. The fourth-order valence-corrected chi connectivity index (χ4v) is 4.55. The number of ether oxygens (including phenoxy) is 3. The maximum absolute atomic E-state index is 13.3. The number of aryl methyl sites for hydroxylation is 1. The van der Waals surface area contributed by atoms with Crippen LogP contribution in [0.5, 0.6) is 28.7 Å². The number of carbonyl (C=O) groups excluding carboxylic acids is 1. The Balaban J connectivity index is 1.40. The Kier molecular flexibility index (Phi) is 9.79. The fraction of sp³-hybridized carbons (Fsp3) is 0.265. The van der Waals surface area contributed by atoms with Gasteiger partial charge in [-0.25, -0.2) is 4.39 Å². The summed E-state index contributed by atoms with van der Waals surface area (Å²) in [5.41, 5.74) is 3.84. The number of hydrogen-bond donors (Lipinski definition) is 1. The molecular weight excluding hydrogens is 507 g/mol. The maximum atomic E-state index is 13.3. The van der Waals surface area contributed by atoms with E-state index in [0.717, 1.165) is 41.7 Å². The minimum absolute atomic E-state index is 0.0512. The highest BCUT2D eigenvalue weighted by molar-refractivity contribution is 5.96. The zero-order valence-electron chi connectivity index (χ0n) is 23.2. The summed E-state index contributed by atoms with van der Waals surface area (Å²) in [7, 11) is 0. The van der Waals surface area contributed by atoms with E-state index in [2.05, 4.69) is 6.92 Å². The summed E-state index contributed by atoms with van der Waals surface area (Å²) in [5.74, 6) is 2.28. The van der Waals surface area contributed by atoms with Crippen LogP contribution in [0.15, 0.2) is 78.9 Å². The third kappa shape index (κ3) is 7.00. The molecule has 0 bridgehead atoms. The number of para-hydroxylation sites is 1. The van der Waals surface area contributed by atoms with Gasteiger partial charge in [0.05, 0.1) is 18.8 Å². The molecule has 0 atom stereocenters. The van der Waals surface area contributed by atoms with Gasteiger partial charge in [-0.15, -0.1) is 0 Å². The number of ketones is 1. The second-order valence-corrected chi connectivity index (χ2v) is 9.53. The molecule has 40 heavy (non-hydrogen) atoms. The van der Waals surface area contributed by atoms with E-state index in [-0.39, 0.29) is 17.3 Å². The van der Waals surface area contributed by atoms with Crippen LogP contribution in [0.3, 0.4) is 0 Å². The lowest BCUT2D eigenvalue weighted by Gasteiger charge is -2.17. The van der Waals surface area contributed by atoms with Gasteiger partial charge in [0.1, 0.15) is 34.6 Å². The first kappa shape index (κ1) is 28.7. The van der Waals surface area contributed by atoms with E-state index in [1.165, 1.54) is 19.1 Å². The van der Waals surface area contributed by atoms with Gasteiger partial charge in [-0.05, 0) is 73.4 Å². The summed E-state index contributed by atoms with van der Waals surface area (Å²) in [5, 5.41) is 10.6. The first-order chi connectivity index (χ1) is 19.4. The van der Waals surface area contributed by atoms with Crippen molar-refractivity contribution in [1.29, 1.82) is 0 Å². The van der Waals surface area contributed by atoms with Crippen LogP contribution in [0.25, 0.3) is 11.1 Å². The molecule has 208 valence electrons. The largest absolute Gasteiger partial charge is 0.507 e. The van der Waals surface area contributed by atoms with Gasteiger partial charge in [0, 0.05) is 23.6 Å². The molecule has 1 N–H and O–H groups in total. The number of halogens is 1. The number of benzene rings is 4. The number of hydrogen-bond acceptors (Lipinski definition) is 5. The highest BCUT2D eigenvalue weighted by Gasteiger charge is 2.15. The Morgan fingerprint density at radius 3 is 2.20 bits per heavy atom. The molecule has 0 heterocycles. The number of rotatable bonds is 13. The van der Waals surface area contributed by atoms with Crippen LogP contribution in [0.2, 0.25) is 0 Å². The first-order valence-corrected chi connectivity index (χ1v) is 13.7. The standard InChI is InChI=1S/C34H35FO5/c1-4-10-28-31(13-8-14-33(28)40-32-12-7-6-11-27(32)23(3)36)38-19-9-20-39-34-22-30(37)29(21-24(34)5-2)25-15-17-26(35)18-16-25/h6-8,11-18,21-22,37H,4-5,9-10,19-20H2,1-3H3. The van der Waals surface area contributed by atoms with E-state index in [9.17, 15) is 14.3 Å². The highest BCUT2D eigenvalue weighted by atomic mass is 19.1. The molecule has 6 heteroatoms. The van der Waals surface area contributed by atoms with Crippen molar-refractivity contribution in [3.05, 3.63) is 101 Å². The fourth-order valence-electron chi connectivity index (χ4n) is 4.55. The van der Waals surface area contributed by atoms with Crippen LogP contribution in [0.4, 0.5) is 4.39 Å². The van der Waals surface area contributed by atoms with Gasteiger partial charge in [-0.1, -0.05) is 50.6 Å². The van der Waals surface area contributed by atoms with Crippen LogP contribution >= 0.6 is 0 Å². The third-order valence-corrected chi connectivity index (χ3v) is 6.60. The summed E-state index contributed by atoms with van der Waals surface area (Å²) in [6.45, 7) is 6.50. The van der Waals surface area contributed by atoms with Crippen LogP contribution in [-0.4, -0.2) is 24.1 Å². The van der Waals surface area contributed by atoms with Gasteiger partial charge in [-0.2, -0.15) is 0 Å². The number of Topliss-reactive ketones (excluding diaryl/α,β-unsaturated/α-hetero) is 1. The van der Waals surface area contributed by atoms with E-state index in [1.54, 1.807) is 30.3 Å². The third-order valence-electron chi connectivity index (χ3n) is 6.60. The molecule has 0 saturated carbocycles. The molecule has 0 fully saturated rings. The molecule has 0 saturated heterocycles. The Bertz CT molecular complexity index is 1450. The van der Waals surface area contributed by atoms with Gasteiger partial charge in [0.15, 0.2) is 5.78 Å². The van der Waals surface area contributed by atoms with Gasteiger partial charge >= 0.3 is 0 Å². The van der Waals surface area contributed by atoms with Gasteiger partial charge in [0.2, 0.25) is 0 Å². The molecule has 0 radical (unpaired) electrons. The molecule has 4 rings (SSSR count). The zero-order valence-corrected chi connectivity index (χ0v) is 23.2. The molecule has 0 spiro atoms. The summed E-state index contributed by atoms with van der Waals surface area (Å²) in [6.07, 6.45) is 3.03. The molecule has 0 aliphatic carbocycles. The number of phenolic OH excluding ortho intramolecular Hbond substituents is 1. The second kappa shape index (κ2) is 13.7. The lowest BCUT2D eigenvalue weighted by Crippen LogP contribution is -2.08. The average Bonchev–Trinajstić information content (AvgIpc) is 2.95. The zero-order chi connectivity index (χ0) is 28.5. The molecule has 0 unspecified atom stereocenters. The molecule has 0 amide bonds. The van der Waals surface area contributed by atoms with Crippen molar-refractivity contribution in [1.82, 2.24) is 0 Å². The summed E-state index contributed by atoms with van der Waals surface area (Å²) >= 11 is 0. The van der Waals surface area contributed by atoms with E-state index in [1.807, 2.05) is 43.3 Å². The van der Waals surface area contributed by atoms with E-state index in [4.69, 9.17) is 14.2 Å². The van der Waals surface area contributed by atoms with Crippen molar-refractivity contribution in [3.63, 3.8) is 0 Å². The van der Waals surface area contributed by atoms with E-state index in [0.29, 0.717) is 48.0 Å². The summed E-state index contributed by atoms with van der Waals surface area (Å²) in [6, 6.07) is 22.5. The summed E-state index contributed by atoms with van der Waals surface area (Å²) < 4.78 is 31.7. The number of carbonyl (C=O) groups is 1. The molecule has 0 aromatic heterocycles. The SMILES string of the molecule is CCCc1c(OCCCOc2cc(O)c(-c3ccc(F)cc3)cc2CC)cccc1Oc1ccccc1C(C)=O. The van der Waals surface area contributed by atoms with Crippen molar-refractivity contribution >= 4 is 5.78 Å². The minimum Gasteiger partial charge on any atom is -0.507 e. The Hall–Kier alpha value is -4.32. The Morgan fingerprint density at radius 2 is 1.50 bits per heavy atom. The van der Waals surface area contributed by atoms with Gasteiger partial charge < -0.3 is 19.3 Å². The molecule has 5 nitrogen and oxygen atoms in total. The van der Waals surface area contributed by atoms with Crippen molar-refractivity contribution in [3.8, 4) is 39.9 Å². The predicted octanol–water partition coefficient (Wildman–Crippen LogP) is 8.56. The first-order valence-electron chi connectivity index (χ1n) is 13.7. The van der Waals surface area contributed by atoms with Gasteiger partial charge in [0.25, 0.3) is 0 Å². The monoisotopic (exact) mass is 542 g/mol. The number of phenols is 1. The van der Waals surface area contributed by atoms with Crippen molar-refractivity contribution in [2.45, 2.75) is 46.5 Å². The molecule has 4 aromatic carbocycles. The van der Waals surface area contributed by atoms with Crippen LogP contribution in [0.1, 0.15) is 55.1 Å². The van der Waals surface area contributed by atoms with Crippen LogP contribution in [-0.2, 0) is 12.8 Å². The Labute approximate surface area is 235 Å². The molecule has 0 aliphatic rings. The van der Waals surface area contributed by atoms with Gasteiger partial charge in [-0.3, -0.25) is 4.79 Å². The maximum Gasteiger partial charge on any atom is 0.163 e. The normalized spacial score (nSPS) is 10.8. The Morgan fingerprint density at radius 1 is 0.825 bits per heavy atom. The van der Waals surface area contributed by atoms with Crippen LogP contribution in [0, 0.1) is 5.82 Å². The van der Waals surface area contributed by atoms with E-state index >= 15 is 0 Å². The predicted molar refractivity (Wildman–Crippen MR) is 155 cm³/mol.